The van der Waals surface area contributed by atoms with Crippen molar-refractivity contribution in [3.63, 3.8) is 0 Å². The number of ketones is 1. The van der Waals surface area contributed by atoms with Gasteiger partial charge in [-0.05, 0) is 0 Å². The van der Waals surface area contributed by atoms with Gasteiger partial charge in [0, 0.05) is 5.75 Å². The molecule has 30 heavy (non-hydrogen) atoms. The van der Waals surface area contributed by atoms with Gasteiger partial charge in [-0.25, -0.2) is 23.7 Å². The van der Waals surface area contributed by atoms with Crippen molar-refractivity contribution in [1.82, 2.24) is 9.97 Å². The molecule has 3 rings (SSSR count). The number of Topliss-reactive ketones (excluding diaryl/α,β-unsaturated/α-hetero) is 1. The molecule has 168 valence electrons. The number of hydrogen-bond donors (Lipinski definition) is 5. The number of ether oxygens (including phenoxy) is 1. The summed E-state index contributed by atoms with van der Waals surface area (Å²) in [5.74, 6) is 0.323. The number of carbonyl (C=O) groups is 1. The standard InChI is InChI=1S/C10H15N4O12P3S/c11-9-8-5(15)1-14(10(8)13-4-12-9)6-3-30-7(24-6)2-23-28(19,20)26-29(21,22)25-27(16,17)18/h4,6-7H,1-3H2,(H,19,20)(H,21,22)(H2,11,12,13)(H2,16,17,18)/t6-,7+/m1/s1. The van der Waals surface area contributed by atoms with E-state index in [0.717, 1.165) is 11.8 Å². The topological polar surface area (TPSA) is 241 Å². The van der Waals surface area contributed by atoms with Gasteiger partial charge in [0.25, 0.3) is 0 Å². The van der Waals surface area contributed by atoms with Crippen LogP contribution in [0.15, 0.2) is 6.33 Å². The second-order valence-corrected chi connectivity index (χ2v) is 11.4. The summed E-state index contributed by atoms with van der Waals surface area (Å²) in [5.41, 5.74) is 5.02. The first-order valence-corrected chi connectivity index (χ1v) is 13.3. The molecule has 20 heteroatoms. The predicted octanol–water partition coefficient (Wildman–Crippen LogP) is -0.180. The summed E-state index contributed by atoms with van der Waals surface area (Å²) >= 11 is 1.14. The van der Waals surface area contributed by atoms with E-state index >= 15 is 0 Å². The number of rotatable bonds is 8. The Hall–Kier alpha value is -0.930. The number of thioether (sulfide) groups is 1. The second-order valence-electron chi connectivity index (χ2n) is 5.75. The fourth-order valence-corrected chi connectivity index (χ4v) is 6.70. The van der Waals surface area contributed by atoms with Crippen molar-refractivity contribution in [2.45, 2.75) is 11.7 Å². The zero-order valence-electron chi connectivity index (χ0n) is 14.6. The zero-order valence-corrected chi connectivity index (χ0v) is 18.1. The molecule has 0 aromatic carbocycles. The number of nitrogens with zero attached hydrogens (tertiary/aromatic N) is 3. The van der Waals surface area contributed by atoms with Gasteiger partial charge in [-0.2, -0.15) is 8.62 Å². The lowest BCUT2D eigenvalue weighted by molar-refractivity contribution is 0.0321. The summed E-state index contributed by atoms with van der Waals surface area (Å²) in [6.45, 7) is -0.669. The molecule has 0 radical (unpaired) electrons. The van der Waals surface area contributed by atoms with Crippen molar-refractivity contribution in [3.05, 3.63) is 11.9 Å². The average molecular weight is 508 g/mol. The zero-order chi connectivity index (χ0) is 22.3. The lowest BCUT2D eigenvalue weighted by atomic mass is 10.2. The van der Waals surface area contributed by atoms with Gasteiger partial charge < -0.3 is 34.9 Å². The number of carbonyl (C=O) groups excluding carboxylic acids is 1. The van der Waals surface area contributed by atoms with Crippen molar-refractivity contribution >= 4 is 52.6 Å². The molecule has 0 saturated carbocycles. The second kappa shape index (κ2) is 8.54. The van der Waals surface area contributed by atoms with Gasteiger partial charge >= 0.3 is 23.5 Å². The van der Waals surface area contributed by atoms with Crippen LogP contribution in [0.1, 0.15) is 10.4 Å². The largest absolute Gasteiger partial charge is 0.490 e. The van der Waals surface area contributed by atoms with E-state index in [4.69, 9.17) is 25.2 Å². The highest BCUT2D eigenvalue weighted by molar-refractivity contribution is 8.00. The number of aromatic nitrogens is 2. The summed E-state index contributed by atoms with van der Waals surface area (Å²) < 4.78 is 51.0. The molecule has 1 fully saturated rings. The van der Waals surface area contributed by atoms with E-state index in [1.807, 2.05) is 0 Å². The molecule has 0 aliphatic carbocycles. The van der Waals surface area contributed by atoms with Crippen LogP contribution >= 0.6 is 35.2 Å². The molecule has 1 aromatic heterocycles. The Labute approximate surface area is 172 Å². The molecule has 0 amide bonds. The van der Waals surface area contributed by atoms with Crippen LogP contribution < -0.4 is 10.6 Å². The summed E-state index contributed by atoms with van der Waals surface area (Å²) in [6, 6.07) is 0. The first kappa shape index (κ1) is 23.7. The van der Waals surface area contributed by atoms with E-state index in [0.29, 0.717) is 5.75 Å². The van der Waals surface area contributed by atoms with Crippen LogP contribution in [-0.2, 0) is 31.6 Å². The maximum absolute atomic E-state index is 12.1. The number of anilines is 2. The van der Waals surface area contributed by atoms with Gasteiger partial charge in [0.05, 0.1) is 13.2 Å². The van der Waals surface area contributed by atoms with Crippen LogP contribution in [0, 0.1) is 0 Å². The van der Waals surface area contributed by atoms with Gasteiger partial charge in [-0.15, -0.1) is 11.8 Å². The van der Waals surface area contributed by atoms with Crippen LogP contribution in [0.4, 0.5) is 11.6 Å². The van der Waals surface area contributed by atoms with Crippen molar-refractivity contribution in [2.24, 2.45) is 0 Å². The van der Waals surface area contributed by atoms with Crippen molar-refractivity contribution < 1.29 is 55.9 Å². The van der Waals surface area contributed by atoms with Gasteiger partial charge in [0.2, 0.25) is 0 Å². The number of hydrogen-bond acceptors (Lipinski definition) is 13. The van der Waals surface area contributed by atoms with Crippen LogP contribution in [-0.4, -0.2) is 65.9 Å². The molecule has 1 saturated heterocycles. The third-order valence-corrected chi connectivity index (χ3v) is 8.49. The lowest BCUT2D eigenvalue weighted by Gasteiger charge is -2.24. The van der Waals surface area contributed by atoms with Gasteiger partial charge in [-0.3, -0.25) is 9.32 Å². The van der Waals surface area contributed by atoms with Crippen LogP contribution in [0.5, 0.6) is 0 Å². The maximum Gasteiger partial charge on any atom is 0.490 e. The van der Waals surface area contributed by atoms with Gasteiger partial charge in [-0.1, -0.05) is 0 Å². The van der Waals surface area contributed by atoms with E-state index in [-0.39, 0.29) is 29.5 Å². The van der Waals surface area contributed by atoms with Crippen molar-refractivity contribution in [2.75, 3.05) is 29.5 Å². The maximum atomic E-state index is 12.1. The Bertz CT molecular complexity index is 989. The van der Waals surface area contributed by atoms with Crippen molar-refractivity contribution in [1.29, 1.82) is 0 Å². The Morgan fingerprint density at radius 1 is 1.20 bits per heavy atom. The van der Waals surface area contributed by atoms with Crippen LogP contribution in [0.3, 0.4) is 0 Å². The Morgan fingerprint density at radius 3 is 2.57 bits per heavy atom. The van der Waals surface area contributed by atoms with E-state index in [2.05, 4.69) is 23.1 Å². The smallest absolute Gasteiger partial charge is 0.383 e. The third kappa shape index (κ3) is 5.85. The number of fused-ring (bicyclic) bond motifs is 1. The predicted molar refractivity (Wildman–Crippen MR) is 99.1 cm³/mol. The number of nitrogen functional groups attached to an aromatic ring is 1. The molecule has 4 atom stereocenters. The quantitative estimate of drug-likeness (QED) is 0.286. The molecule has 16 nitrogen and oxygen atoms in total. The minimum Gasteiger partial charge on any atom is -0.383 e. The van der Waals surface area contributed by atoms with Gasteiger partial charge in [0.15, 0.2) is 5.78 Å². The minimum atomic E-state index is -5.59. The highest BCUT2D eigenvalue weighted by Gasteiger charge is 2.43. The van der Waals surface area contributed by atoms with E-state index in [1.54, 1.807) is 0 Å². The molecular weight excluding hydrogens is 493 g/mol. The summed E-state index contributed by atoms with van der Waals surface area (Å²) in [4.78, 5) is 57.0. The summed E-state index contributed by atoms with van der Waals surface area (Å²) in [6.07, 6.45) is 0.526. The molecule has 1 aromatic rings. The molecular formula is C10H15N4O12P3S. The molecule has 2 aliphatic heterocycles. The van der Waals surface area contributed by atoms with Crippen LogP contribution in [0.2, 0.25) is 0 Å². The highest BCUT2D eigenvalue weighted by atomic mass is 32.2. The Morgan fingerprint density at radius 2 is 1.90 bits per heavy atom. The Balaban J connectivity index is 1.57. The summed E-state index contributed by atoms with van der Waals surface area (Å²) in [7, 11) is -16.3. The highest BCUT2D eigenvalue weighted by Crippen LogP contribution is 2.66. The van der Waals surface area contributed by atoms with E-state index in [1.165, 1.54) is 11.2 Å². The normalized spacial score (nSPS) is 25.7. The first-order chi connectivity index (χ1) is 13.8. The fourth-order valence-electron chi connectivity index (χ4n) is 2.57. The molecule has 6 N–H and O–H groups in total. The average Bonchev–Trinajstić information content (AvgIpc) is 3.15. The molecule has 2 aliphatic rings. The molecule has 0 spiro atoms. The van der Waals surface area contributed by atoms with Gasteiger partial charge in [0.1, 0.15) is 35.2 Å². The first-order valence-electron chi connectivity index (χ1n) is 7.72. The number of nitrogens with two attached hydrogens (primary N) is 1. The monoisotopic (exact) mass is 508 g/mol. The minimum absolute atomic E-state index is 0.0300. The van der Waals surface area contributed by atoms with Crippen molar-refractivity contribution in [3.8, 4) is 0 Å². The molecule has 0 bridgehead atoms. The fraction of sp³-hybridized carbons (Fsp3) is 0.500. The molecule has 3 heterocycles. The number of phosphoric ester groups is 1. The SMILES string of the molecule is Nc1ncnc2c1C(=O)CN2[C@H]1CS[C@@H](COP(=O)(O)OP(=O)(O)OP(=O)(O)O)O1. The lowest BCUT2D eigenvalue weighted by Crippen LogP contribution is -2.37. The van der Waals surface area contributed by atoms with E-state index < -0.39 is 41.7 Å². The summed E-state index contributed by atoms with van der Waals surface area (Å²) in [5, 5.41) is 0. The number of phosphoric acid groups is 3. The Kier molecular flexibility index (Phi) is 6.76. The third-order valence-electron chi connectivity index (χ3n) is 3.59. The van der Waals surface area contributed by atoms with E-state index in [9.17, 15) is 23.4 Å². The molecule has 2 unspecified atom stereocenters. The van der Waals surface area contributed by atoms with Crippen LogP contribution in [0.25, 0.3) is 0 Å².